The largest absolute Gasteiger partial charge is 0.352 e. The van der Waals surface area contributed by atoms with Crippen molar-refractivity contribution in [1.82, 2.24) is 10.2 Å². The zero-order chi connectivity index (χ0) is 22.1. The van der Waals surface area contributed by atoms with Gasteiger partial charge in [-0.3, -0.25) is 9.59 Å². The number of thioether (sulfide) groups is 1. The number of carbonyl (C=O) groups is 2. The van der Waals surface area contributed by atoms with E-state index < -0.39 is 6.04 Å². The fraction of sp³-hybridized carbons (Fsp3) is 0.391. The van der Waals surface area contributed by atoms with Crippen LogP contribution in [0.15, 0.2) is 53.0 Å². The highest BCUT2D eigenvalue weighted by Gasteiger charge is 2.29. The molecule has 0 aliphatic heterocycles. The first kappa shape index (κ1) is 24.8. The van der Waals surface area contributed by atoms with E-state index in [-0.39, 0.29) is 17.9 Å². The third kappa shape index (κ3) is 7.64. The van der Waals surface area contributed by atoms with E-state index in [9.17, 15) is 9.59 Å². The Morgan fingerprint density at radius 2 is 1.80 bits per heavy atom. The van der Waals surface area contributed by atoms with Crippen LogP contribution < -0.4 is 5.32 Å². The Labute approximate surface area is 196 Å². The van der Waals surface area contributed by atoms with Gasteiger partial charge in [-0.05, 0) is 49.6 Å². The summed E-state index contributed by atoms with van der Waals surface area (Å²) in [7, 11) is 0. The molecule has 1 atom stereocenters. The summed E-state index contributed by atoms with van der Waals surface area (Å²) < 4.78 is 1.03. The summed E-state index contributed by atoms with van der Waals surface area (Å²) in [4.78, 5) is 27.6. The minimum absolute atomic E-state index is 0.00981. The molecule has 2 aromatic carbocycles. The molecule has 2 amide bonds. The first-order chi connectivity index (χ1) is 14.3. The molecule has 2 rings (SSSR count). The second-order valence-electron chi connectivity index (χ2n) is 7.32. The molecule has 162 valence electrons. The van der Waals surface area contributed by atoms with E-state index >= 15 is 0 Å². The molecule has 0 saturated heterocycles. The van der Waals surface area contributed by atoms with Gasteiger partial charge < -0.3 is 10.2 Å². The van der Waals surface area contributed by atoms with Gasteiger partial charge in [-0.2, -0.15) is 0 Å². The lowest BCUT2D eigenvalue weighted by molar-refractivity contribution is -0.139. The molecule has 0 heterocycles. The normalized spacial score (nSPS) is 11.9. The van der Waals surface area contributed by atoms with Gasteiger partial charge in [0.1, 0.15) is 6.04 Å². The van der Waals surface area contributed by atoms with Gasteiger partial charge in [-0.15, -0.1) is 11.8 Å². The summed E-state index contributed by atoms with van der Waals surface area (Å²) in [5, 5.41) is 3.53. The summed E-state index contributed by atoms with van der Waals surface area (Å²) in [5.74, 6) is 0.827. The molecule has 0 aromatic heterocycles. The molecule has 7 heteroatoms. The van der Waals surface area contributed by atoms with Crippen LogP contribution in [-0.2, 0) is 21.9 Å². The SMILES string of the molecule is CC[C@@H](C(=O)NC(C)C)N(Cc1ccccc1Cl)C(=O)CSCc1ccc(Br)cc1. The van der Waals surface area contributed by atoms with Crippen molar-refractivity contribution in [2.45, 2.75) is 51.6 Å². The van der Waals surface area contributed by atoms with Gasteiger partial charge in [0, 0.05) is 27.8 Å². The highest BCUT2D eigenvalue weighted by Crippen LogP contribution is 2.22. The molecule has 30 heavy (non-hydrogen) atoms. The Bertz CT molecular complexity index is 845. The van der Waals surface area contributed by atoms with E-state index in [2.05, 4.69) is 21.2 Å². The van der Waals surface area contributed by atoms with E-state index in [1.807, 2.05) is 63.2 Å². The van der Waals surface area contributed by atoms with Crippen molar-refractivity contribution in [2.24, 2.45) is 0 Å². The van der Waals surface area contributed by atoms with Crippen molar-refractivity contribution >= 4 is 51.1 Å². The van der Waals surface area contributed by atoms with Crippen LogP contribution in [0.2, 0.25) is 5.02 Å². The molecule has 0 fully saturated rings. The van der Waals surface area contributed by atoms with Gasteiger partial charge in [0.2, 0.25) is 11.8 Å². The maximum absolute atomic E-state index is 13.2. The first-order valence-electron chi connectivity index (χ1n) is 9.97. The Hall–Kier alpha value is -1.50. The molecular formula is C23H28BrClN2O2S. The highest BCUT2D eigenvalue weighted by atomic mass is 79.9. The Kier molecular flexibility index (Phi) is 10.2. The van der Waals surface area contributed by atoms with Crippen LogP contribution >= 0.6 is 39.3 Å². The van der Waals surface area contributed by atoms with Crippen LogP contribution in [0.25, 0.3) is 0 Å². The van der Waals surface area contributed by atoms with Crippen LogP contribution in [0.3, 0.4) is 0 Å². The van der Waals surface area contributed by atoms with Crippen molar-refractivity contribution in [3.05, 3.63) is 69.2 Å². The van der Waals surface area contributed by atoms with Crippen molar-refractivity contribution < 1.29 is 9.59 Å². The number of rotatable bonds is 10. The Balaban J connectivity index is 2.13. The van der Waals surface area contributed by atoms with E-state index in [0.717, 1.165) is 21.4 Å². The zero-order valence-corrected chi connectivity index (χ0v) is 20.7. The van der Waals surface area contributed by atoms with Crippen molar-refractivity contribution in [3.8, 4) is 0 Å². The van der Waals surface area contributed by atoms with Crippen LogP contribution in [0.4, 0.5) is 0 Å². The molecule has 0 unspecified atom stereocenters. The molecule has 0 saturated carbocycles. The molecular weight excluding hydrogens is 484 g/mol. The summed E-state index contributed by atoms with van der Waals surface area (Å²) >= 11 is 11.3. The maximum atomic E-state index is 13.2. The number of hydrogen-bond donors (Lipinski definition) is 1. The number of benzene rings is 2. The van der Waals surface area contributed by atoms with Crippen LogP contribution in [0, 0.1) is 0 Å². The number of carbonyl (C=O) groups excluding carboxylic acids is 2. The number of nitrogens with zero attached hydrogens (tertiary/aromatic N) is 1. The summed E-state index contributed by atoms with van der Waals surface area (Å²) in [6.45, 7) is 6.06. The number of amides is 2. The van der Waals surface area contributed by atoms with Crippen molar-refractivity contribution in [2.75, 3.05) is 5.75 Å². The molecule has 0 spiro atoms. The van der Waals surface area contributed by atoms with Gasteiger partial charge in [-0.1, -0.05) is 64.8 Å². The van der Waals surface area contributed by atoms with Crippen LogP contribution in [-0.4, -0.2) is 34.6 Å². The van der Waals surface area contributed by atoms with E-state index in [1.165, 1.54) is 0 Å². The fourth-order valence-corrected chi connectivity index (χ4v) is 4.36. The average molecular weight is 512 g/mol. The molecule has 0 aliphatic rings. The van der Waals surface area contributed by atoms with Crippen LogP contribution in [0.1, 0.15) is 38.3 Å². The second-order valence-corrected chi connectivity index (χ2v) is 9.63. The topological polar surface area (TPSA) is 49.4 Å². The van der Waals surface area contributed by atoms with Gasteiger partial charge in [-0.25, -0.2) is 0 Å². The highest BCUT2D eigenvalue weighted by molar-refractivity contribution is 9.10. The Morgan fingerprint density at radius 1 is 1.13 bits per heavy atom. The van der Waals surface area contributed by atoms with Gasteiger partial charge in [0.15, 0.2) is 0 Å². The fourth-order valence-electron chi connectivity index (χ4n) is 3.03. The minimum Gasteiger partial charge on any atom is -0.352 e. The predicted octanol–water partition coefficient (Wildman–Crippen LogP) is 5.67. The molecule has 4 nitrogen and oxygen atoms in total. The van der Waals surface area contributed by atoms with E-state index in [0.29, 0.717) is 23.7 Å². The summed E-state index contributed by atoms with van der Waals surface area (Å²) in [5.41, 5.74) is 1.99. The van der Waals surface area contributed by atoms with Gasteiger partial charge in [0.05, 0.1) is 5.75 Å². The first-order valence-corrected chi connectivity index (χ1v) is 12.3. The lowest BCUT2D eigenvalue weighted by atomic mass is 10.1. The third-order valence-corrected chi connectivity index (χ3v) is 6.41. The average Bonchev–Trinajstić information content (AvgIpc) is 2.70. The van der Waals surface area contributed by atoms with E-state index in [4.69, 9.17) is 11.6 Å². The Morgan fingerprint density at radius 3 is 2.40 bits per heavy atom. The lowest BCUT2D eigenvalue weighted by Crippen LogP contribution is -2.51. The quantitative estimate of drug-likeness (QED) is 0.447. The number of halogens is 2. The standard InChI is InChI=1S/C23H28BrClN2O2S/c1-4-21(23(29)26-16(2)3)27(13-18-7-5-6-8-20(18)25)22(28)15-30-14-17-9-11-19(24)12-10-17/h5-12,16,21H,4,13-15H2,1-3H3,(H,26,29)/t21-/m0/s1. The van der Waals surface area contributed by atoms with E-state index in [1.54, 1.807) is 22.7 Å². The van der Waals surface area contributed by atoms with Crippen molar-refractivity contribution in [3.63, 3.8) is 0 Å². The summed E-state index contributed by atoms with van der Waals surface area (Å²) in [6.07, 6.45) is 0.534. The zero-order valence-electron chi connectivity index (χ0n) is 17.5. The number of nitrogens with one attached hydrogen (secondary N) is 1. The van der Waals surface area contributed by atoms with Crippen molar-refractivity contribution in [1.29, 1.82) is 0 Å². The number of hydrogen-bond acceptors (Lipinski definition) is 3. The minimum atomic E-state index is -0.538. The molecule has 0 bridgehead atoms. The predicted molar refractivity (Wildman–Crippen MR) is 130 cm³/mol. The third-order valence-electron chi connectivity index (χ3n) is 4.52. The monoisotopic (exact) mass is 510 g/mol. The molecule has 0 aliphatic carbocycles. The smallest absolute Gasteiger partial charge is 0.243 e. The molecule has 1 N–H and O–H groups in total. The molecule has 2 aromatic rings. The second kappa shape index (κ2) is 12.4. The maximum Gasteiger partial charge on any atom is 0.243 e. The van der Waals surface area contributed by atoms with Gasteiger partial charge >= 0.3 is 0 Å². The summed E-state index contributed by atoms with van der Waals surface area (Å²) in [6, 6.07) is 15.0. The molecule has 0 radical (unpaired) electrons. The van der Waals surface area contributed by atoms with Crippen LogP contribution in [0.5, 0.6) is 0 Å². The van der Waals surface area contributed by atoms with Gasteiger partial charge in [0.25, 0.3) is 0 Å². The lowest BCUT2D eigenvalue weighted by Gasteiger charge is -2.31.